The third-order valence-corrected chi connectivity index (χ3v) is 7.97. The van der Waals surface area contributed by atoms with Crippen molar-refractivity contribution < 1.29 is 28.6 Å². The van der Waals surface area contributed by atoms with Crippen LogP contribution in [0, 0.1) is 5.92 Å². The predicted octanol–water partition coefficient (Wildman–Crippen LogP) is 6.00. The molecule has 0 bridgehead atoms. The molecule has 2 amide bonds. The quantitative estimate of drug-likeness (QED) is 0.186. The highest BCUT2D eigenvalue weighted by Crippen LogP contribution is 2.44. The van der Waals surface area contributed by atoms with Crippen LogP contribution in [0.15, 0.2) is 78.9 Å². The first-order chi connectivity index (χ1) is 21.1. The molecule has 3 aromatic carbocycles. The van der Waals surface area contributed by atoms with Crippen molar-refractivity contribution in [2.75, 3.05) is 26.3 Å². The second-order valence-electron chi connectivity index (χ2n) is 12.2. The number of fused-ring (bicyclic) bond motifs is 3. The first kappa shape index (κ1) is 31.1. The van der Waals surface area contributed by atoms with Gasteiger partial charge in [-0.05, 0) is 61.9 Å². The zero-order chi connectivity index (χ0) is 31.3. The number of alkyl carbamates (subject to hydrolysis) is 1. The Labute approximate surface area is 258 Å². The summed E-state index contributed by atoms with van der Waals surface area (Å²) in [6, 6.07) is 25.5. The van der Waals surface area contributed by atoms with Gasteiger partial charge in [-0.2, -0.15) is 0 Å². The Morgan fingerprint density at radius 3 is 2.11 bits per heavy atom. The summed E-state index contributed by atoms with van der Waals surface area (Å²) in [5, 5.41) is 6.45. The molecule has 44 heavy (non-hydrogen) atoms. The fourth-order valence-corrected chi connectivity index (χ4v) is 5.97. The summed E-state index contributed by atoms with van der Waals surface area (Å²) in [5.74, 6) is -1.14. The van der Waals surface area contributed by atoms with Crippen molar-refractivity contribution in [3.8, 4) is 11.1 Å². The second kappa shape index (κ2) is 13.5. The van der Waals surface area contributed by atoms with Gasteiger partial charge in [0.25, 0.3) is 0 Å². The average Bonchev–Trinajstić information content (AvgIpc) is 3.33. The van der Waals surface area contributed by atoms with Crippen molar-refractivity contribution in [3.05, 3.63) is 95.6 Å². The molecule has 0 spiro atoms. The molecule has 5 rings (SSSR count). The maximum absolute atomic E-state index is 13.3. The van der Waals surface area contributed by atoms with Gasteiger partial charge in [-0.15, -0.1) is 0 Å². The fourth-order valence-electron chi connectivity index (χ4n) is 5.97. The van der Waals surface area contributed by atoms with Gasteiger partial charge in [0.05, 0.1) is 12.5 Å². The maximum Gasteiger partial charge on any atom is 0.410 e. The summed E-state index contributed by atoms with van der Waals surface area (Å²) in [6.07, 6.45) is -1.24. The minimum atomic E-state index is -0.660. The van der Waals surface area contributed by atoms with E-state index in [-0.39, 0.29) is 31.7 Å². The molecule has 9 nitrogen and oxygen atoms in total. The van der Waals surface area contributed by atoms with Crippen molar-refractivity contribution in [1.82, 2.24) is 15.5 Å². The summed E-state index contributed by atoms with van der Waals surface area (Å²) < 4.78 is 16.8. The van der Waals surface area contributed by atoms with Gasteiger partial charge in [0.1, 0.15) is 18.4 Å². The number of ether oxygens (including phenoxy) is 3. The van der Waals surface area contributed by atoms with E-state index >= 15 is 0 Å². The monoisotopic (exact) mass is 599 g/mol. The van der Waals surface area contributed by atoms with Crippen molar-refractivity contribution in [2.45, 2.75) is 57.8 Å². The highest BCUT2D eigenvalue weighted by Gasteiger charge is 2.40. The van der Waals surface area contributed by atoms with Crippen LogP contribution in [0.3, 0.4) is 0 Å². The van der Waals surface area contributed by atoms with E-state index in [1.165, 1.54) is 0 Å². The number of rotatable bonds is 8. The number of benzene rings is 3. The van der Waals surface area contributed by atoms with Crippen LogP contribution in [0.5, 0.6) is 0 Å². The molecule has 1 saturated heterocycles. The molecule has 9 heteroatoms. The molecular weight excluding hydrogens is 558 g/mol. The maximum atomic E-state index is 13.3. The molecule has 0 saturated carbocycles. The van der Waals surface area contributed by atoms with Crippen LogP contribution in [0.2, 0.25) is 0 Å². The van der Waals surface area contributed by atoms with E-state index in [9.17, 15) is 14.4 Å². The van der Waals surface area contributed by atoms with E-state index in [1.54, 1.807) is 11.8 Å². The molecule has 3 atom stereocenters. The number of amides is 2. The standard InChI is InChI=1S/C35H41N3O6/c1-5-42-32(39)28-21-38(34(41)44-35(2,3)4)20-19-30(28)36-31(23-13-7-6-8-14-23)37-33(40)43-22-29-26-17-11-9-15-24(26)25-16-10-12-18-27(25)29/h6-18,28-31,36H,5,19-22H2,1-4H3,(H,37,40)/t28-,30?,31?/m1/s1. The Bertz CT molecular complexity index is 1430. The summed E-state index contributed by atoms with van der Waals surface area (Å²) in [4.78, 5) is 40.8. The predicted molar refractivity (Wildman–Crippen MR) is 167 cm³/mol. The topological polar surface area (TPSA) is 106 Å². The van der Waals surface area contributed by atoms with Crippen LogP contribution in [0.1, 0.15) is 62.9 Å². The lowest BCUT2D eigenvalue weighted by Crippen LogP contribution is -2.56. The Morgan fingerprint density at radius 1 is 0.886 bits per heavy atom. The lowest BCUT2D eigenvalue weighted by molar-refractivity contribution is -0.151. The van der Waals surface area contributed by atoms with Gasteiger partial charge in [-0.3, -0.25) is 10.1 Å². The third kappa shape index (κ3) is 7.22. The largest absolute Gasteiger partial charge is 0.466 e. The Hall–Kier alpha value is -4.37. The van der Waals surface area contributed by atoms with E-state index in [4.69, 9.17) is 14.2 Å². The molecule has 2 N–H and O–H groups in total. The summed E-state index contributed by atoms with van der Waals surface area (Å²) in [6.45, 7) is 8.09. The minimum absolute atomic E-state index is 0.0679. The van der Waals surface area contributed by atoms with E-state index in [0.29, 0.717) is 13.0 Å². The van der Waals surface area contributed by atoms with Crippen molar-refractivity contribution in [3.63, 3.8) is 0 Å². The first-order valence-corrected chi connectivity index (χ1v) is 15.2. The van der Waals surface area contributed by atoms with Crippen LogP contribution in [0.4, 0.5) is 9.59 Å². The molecule has 232 valence electrons. The summed E-state index contributed by atoms with van der Waals surface area (Å²) in [5.41, 5.74) is 4.73. The van der Waals surface area contributed by atoms with Crippen LogP contribution >= 0.6 is 0 Å². The zero-order valence-electron chi connectivity index (χ0n) is 25.7. The first-order valence-electron chi connectivity index (χ1n) is 15.2. The van der Waals surface area contributed by atoms with E-state index in [2.05, 4.69) is 34.9 Å². The average molecular weight is 600 g/mol. The number of hydrogen-bond donors (Lipinski definition) is 2. The van der Waals surface area contributed by atoms with Crippen molar-refractivity contribution >= 4 is 18.2 Å². The van der Waals surface area contributed by atoms with E-state index in [0.717, 1.165) is 27.8 Å². The molecule has 1 aliphatic heterocycles. The SMILES string of the molecule is CCOC(=O)[C@@H]1CN(C(=O)OC(C)(C)C)CCC1NC(NC(=O)OCC1c2ccccc2-c2ccccc21)c1ccccc1. The van der Waals surface area contributed by atoms with E-state index in [1.807, 2.05) is 75.4 Å². The third-order valence-electron chi connectivity index (χ3n) is 7.97. The number of carbonyl (C=O) groups is 3. The highest BCUT2D eigenvalue weighted by molar-refractivity contribution is 5.79. The number of likely N-dealkylation sites (tertiary alicyclic amines) is 1. The summed E-state index contributed by atoms with van der Waals surface area (Å²) >= 11 is 0. The van der Waals surface area contributed by atoms with Crippen molar-refractivity contribution in [2.24, 2.45) is 5.92 Å². The smallest absolute Gasteiger partial charge is 0.410 e. The molecule has 1 heterocycles. The molecule has 0 radical (unpaired) electrons. The van der Waals surface area contributed by atoms with Crippen LogP contribution in [-0.4, -0.2) is 61.0 Å². The Kier molecular flexibility index (Phi) is 9.54. The number of esters is 1. The van der Waals surface area contributed by atoms with Gasteiger partial charge in [-0.25, -0.2) is 9.59 Å². The molecule has 1 fully saturated rings. The normalized spacial score (nSPS) is 18.5. The van der Waals surface area contributed by atoms with Gasteiger partial charge in [0, 0.05) is 25.0 Å². The zero-order valence-corrected chi connectivity index (χ0v) is 25.7. The van der Waals surface area contributed by atoms with Gasteiger partial charge >= 0.3 is 18.2 Å². The summed E-state index contributed by atoms with van der Waals surface area (Å²) in [7, 11) is 0. The number of nitrogens with zero attached hydrogens (tertiary/aromatic N) is 1. The van der Waals surface area contributed by atoms with Crippen LogP contribution < -0.4 is 10.6 Å². The molecule has 2 aliphatic rings. The Morgan fingerprint density at radius 2 is 1.50 bits per heavy atom. The fraction of sp³-hybridized carbons (Fsp3) is 0.400. The number of nitrogens with one attached hydrogen (secondary N) is 2. The highest BCUT2D eigenvalue weighted by atomic mass is 16.6. The minimum Gasteiger partial charge on any atom is -0.466 e. The van der Waals surface area contributed by atoms with E-state index < -0.39 is 35.8 Å². The second-order valence-corrected chi connectivity index (χ2v) is 12.2. The van der Waals surface area contributed by atoms with Gasteiger partial charge in [0.15, 0.2) is 0 Å². The molecule has 1 aliphatic carbocycles. The molecule has 3 aromatic rings. The molecule has 0 aromatic heterocycles. The number of carbonyl (C=O) groups excluding carboxylic acids is 3. The Balaban J connectivity index is 1.30. The van der Waals surface area contributed by atoms with Gasteiger partial charge < -0.3 is 24.4 Å². The molecule has 2 unspecified atom stereocenters. The van der Waals surface area contributed by atoms with Crippen LogP contribution in [-0.2, 0) is 19.0 Å². The van der Waals surface area contributed by atoms with Crippen LogP contribution in [0.25, 0.3) is 11.1 Å². The van der Waals surface area contributed by atoms with Gasteiger partial charge in [-0.1, -0.05) is 78.9 Å². The molecular formula is C35H41N3O6. The van der Waals surface area contributed by atoms with Crippen molar-refractivity contribution in [1.29, 1.82) is 0 Å². The number of piperidine rings is 1. The lowest BCUT2D eigenvalue weighted by Gasteiger charge is -2.39. The lowest BCUT2D eigenvalue weighted by atomic mass is 9.91. The number of hydrogen-bond acceptors (Lipinski definition) is 7. The van der Waals surface area contributed by atoms with Gasteiger partial charge in [0.2, 0.25) is 0 Å².